The molecule has 7 nitrogen and oxygen atoms in total. The minimum absolute atomic E-state index is 0.122. The lowest BCUT2D eigenvalue weighted by Crippen LogP contribution is -2.21. The van der Waals surface area contributed by atoms with Crippen LogP contribution < -0.4 is 19.5 Å². The third-order valence-electron chi connectivity index (χ3n) is 4.33. The number of aryl methyl sites for hydroxylation is 2. The lowest BCUT2D eigenvalue weighted by atomic mass is 10.1. The highest BCUT2D eigenvalue weighted by Gasteiger charge is 2.14. The largest absolute Gasteiger partial charge is 0.493 e. The van der Waals surface area contributed by atoms with Gasteiger partial charge in [-0.25, -0.2) is 0 Å². The number of esters is 1. The van der Waals surface area contributed by atoms with Crippen LogP contribution in [0.4, 0.5) is 5.69 Å². The smallest absolute Gasteiger partial charge is 0.306 e. The third kappa shape index (κ3) is 6.41. The van der Waals surface area contributed by atoms with Crippen LogP contribution >= 0.6 is 0 Å². The van der Waals surface area contributed by atoms with Gasteiger partial charge in [-0.1, -0.05) is 19.1 Å². The van der Waals surface area contributed by atoms with Gasteiger partial charge in [0.05, 0.1) is 21.3 Å². The van der Waals surface area contributed by atoms with Crippen LogP contribution in [0.15, 0.2) is 36.4 Å². The minimum Gasteiger partial charge on any atom is -0.493 e. The van der Waals surface area contributed by atoms with Crippen molar-refractivity contribution in [1.82, 2.24) is 0 Å². The Labute approximate surface area is 170 Å². The Morgan fingerprint density at radius 2 is 1.62 bits per heavy atom. The van der Waals surface area contributed by atoms with Crippen LogP contribution in [0.1, 0.15) is 24.5 Å². The van der Waals surface area contributed by atoms with E-state index in [2.05, 4.69) is 5.32 Å². The molecule has 0 saturated heterocycles. The van der Waals surface area contributed by atoms with Crippen molar-refractivity contribution in [2.45, 2.75) is 26.2 Å². The highest BCUT2D eigenvalue weighted by molar-refractivity contribution is 5.92. The molecule has 0 radical (unpaired) electrons. The summed E-state index contributed by atoms with van der Waals surface area (Å²) in [5.74, 6) is 0.688. The molecule has 0 spiro atoms. The van der Waals surface area contributed by atoms with E-state index >= 15 is 0 Å². The fourth-order valence-corrected chi connectivity index (χ4v) is 2.81. The number of amides is 1. The molecule has 0 saturated carbocycles. The fraction of sp³-hybridized carbons (Fsp3) is 0.364. The van der Waals surface area contributed by atoms with Crippen LogP contribution in [0.5, 0.6) is 17.2 Å². The predicted octanol–water partition coefficient (Wildman–Crippen LogP) is 3.39. The number of nitrogens with one attached hydrogen (secondary N) is 1. The molecule has 0 unspecified atom stereocenters. The summed E-state index contributed by atoms with van der Waals surface area (Å²) in [5.41, 5.74) is 2.63. The number of hydrogen-bond acceptors (Lipinski definition) is 6. The van der Waals surface area contributed by atoms with Crippen molar-refractivity contribution in [3.8, 4) is 17.2 Å². The van der Waals surface area contributed by atoms with Crippen molar-refractivity contribution in [2.24, 2.45) is 0 Å². The van der Waals surface area contributed by atoms with E-state index < -0.39 is 5.97 Å². The van der Waals surface area contributed by atoms with Crippen LogP contribution in [0.3, 0.4) is 0 Å². The number of methoxy groups -OCH3 is 3. The van der Waals surface area contributed by atoms with Crippen molar-refractivity contribution in [3.05, 3.63) is 47.5 Å². The van der Waals surface area contributed by atoms with Crippen LogP contribution in [0, 0.1) is 0 Å². The van der Waals surface area contributed by atoms with Crippen molar-refractivity contribution >= 4 is 17.6 Å². The number of rotatable bonds is 10. The van der Waals surface area contributed by atoms with Crippen molar-refractivity contribution in [1.29, 1.82) is 0 Å². The average Bonchev–Trinajstić information content (AvgIpc) is 2.75. The van der Waals surface area contributed by atoms with Crippen LogP contribution in [0.25, 0.3) is 0 Å². The van der Waals surface area contributed by atoms with Gasteiger partial charge in [0.1, 0.15) is 0 Å². The molecule has 0 aromatic heterocycles. The third-order valence-corrected chi connectivity index (χ3v) is 4.33. The van der Waals surface area contributed by atoms with Crippen LogP contribution in [-0.2, 0) is 27.2 Å². The summed E-state index contributed by atoms with van der Waals surface area (Å²) >= 11 is 0. The van der Waals surface area contributed by atoms with Crippen LogP contribution in [0.2, 0.25) is 0 Å². The second-order valence-corrected chi connectivity index (χ2v) is 6.30. The van der Waals surface area contributed by atoms with Gasteiger partial charge in [-0.2, -0.15) is 0 Å². The Morgan fingerprint density at radius 3 is 2.21 bits per heavy atom. The number of carbonyl (C=O) groups is 2. The monoisotopic (exact) mass is 401 g/mol. The number of anilines is 1. The first-order valence-electron chi connectivity index (χ1n) is 9.34. The zero-order valence-electron chi connectivity index (χ0n) is 17.2. The molecule has 0 aliphatic rings. The zero-order chi connectivity index (χ0) is 21.2. The van der Waals surface area contributed by atoms with Gasteiger partial charge < -0.3 is 24.3 Å². The van der Waals surface area contributed by atoms with Gasteiger partial charge in [-0.3, -0.25) is 9.59 Å². The molecule has 2 aromatic carbocycles. The summed E-state index contributed by atoms with van der Waals surface area (Å²) in [4.78, 5) is 24.0. The predicted molar refractivity (Wildman–Crippen MR) is 110 cm³/mol. The van der Waals surface area contributed by atoms with Gasteiger partial charge in [-0.15, -0.1) is 0 Å². The highest BCUT2D eigenvalue weighted by atomic mass is 16.5. The van der Waals surface area contributed by atoms with Crippen molar-refractivity contribution in [3.63, 3.8) is 0 Å². The normalized spacial score (nSPS) is 10.2. The Kier molecular flexibility index (Phi) is 8.33. The maximum Gasteiger partial charge on any atom is 0.306 e. The number of carbonyl (C=O) groups excluding carboxylic acids is 2. The quantitative estimate of drug-likeness (QED) is 0.615. The topological polar surface area (TPSA) is 83.1 Å². The lowest BCUT2D eigenvalue weighted by molar-refractivity contribution is -0.147. The molecular formula is C22H27NO6. The van der Waals surface area contributed by atoms with Crippen molar-refractivity contribution < 1.29 is 28.5 Å². The molecule has 0 bridgehead atoms. The molecule has 1 amide bonds. The molecule has 29 heavy (non-hydrogen) atoms. The molecule has 0 heterocycles. The summed E-state index contributed by atoms with van der Waals surface area (Å²) in [6.07, 6.45) is 1.41. The van der Waals surface area contributed by atoms with E-state index in [0.29, 0.717) is 29.4 Å². The van der Waals surface area contributed by atoms with Gasteiger partial charge in [0, 0.05) is 12.1 Å². The molecular weight excluding hydrogens is 374 g/mol. The summed E-state index contributed by atoms with van der Waals surface area (Å²) in [6.45, 7) is 1.71. The molecule has 0 fully saturated rings. The lowest BCUT2D eigenvalue weighted by Gasteiger charge is -2.14. The maximum atomic E-state index is 12.0. The van der Waals surface area contributed by atoms with Crippen molar-refractivity contribution in [2.75, 3.05) is 33.3 Å². The molecule has 2 rings (SSSR count). The van der Waals surface area contributed by atoms with E-state index in [4.69, 9.17) is 18.9 Å². The number of hydrogen-bond donors (Lipinski definition) is 1. The first-order chi connectivity index (χ1) is 14.0. The van der Waals surface area contributed by atoms with Crippen LogP contribution in [-0.4, -0.2) is 39.8 Å². The van der Waals surface area contributed by atoms with Gasteiger partial charge in [0.2, 0.25) is 5.75 Å². The Morgan fingerprint density at radius 1 is 0.931 bits per heavy atom. The second-order valence-electron chi connectivity index (χ2n) is 6.30. The standard InChI is InChI=1S/C22H27NO6/c1-5-15-7-6-8-17(11-15)23-20(24)14-29-21(25)10-9-16-12-18(26-2)22(28-4)19(13-16)27-3/h6-8,11-13H,5,9-10,14H2,1-4H3,(H,23,24). The average molecular weight is 401 g/mol. The zero-order valence-corrected chi connectivity index (χ0v) is 17.2. The van der Waals surface area contributed by atoms with E-state index in [-0.39, 0.29) is 18.9 Å². The minimum atomic E-state index is -0.462. The summed E-state index contributed by atoms with van der Waals surface area (Å²) in [6, 6.07) is 11.1. The molecule has 0 aliphatic heterocycles. The summed E-state index contributed by atoms with van der Waals surface area (Å²) in [5, 5.41) is 2.73. The first kappa shape index (κ1) is 22.1. The SMILES string of the molecule is CCc1cccc(NC(=O)COC(=O)CCc2cc(OC)c(OC)c(OC)c2)c1. The fourth-order valence-electron chi connectivity index (χ4n) is 2.81. The molecule has 156 valence electrons. The maximum absolute atomic E-state index is 12.0. The second kappa shape index (κ2) is 10.9. The molecule has 2 aromatic rings. The molecule has 7 heteroatoms. The van der Waals surface area contributed by atoms with Gasteiger partial charge >= 0.3 is 5.97 Å². The van der Waals surface area contributed by atoms with E-state index in [1.54, 1.807) is 18.2 Å². The number of ether oxygens (including phenoxy) is 4. The van der Waals surface area contributed by atoms with Gasteiger partial charge in [0.25, 0.3) is 5.91 Å². The highest BCUT2D eigenvalue weighted by Crippen LogP contribution is 2.38. The van der Waals surface area contributed by atoms with E-state index in [1.165, 1.54) is 21.3 Å². The Balaban J connectivity index is 1.86. The molecule has 0 aliphatic carbocycles. The van der Waals surface area contributed by atoms with E-state index in [1.807, 2.05) is 25.1 Å². The van der Waals surface area contributed by atoms with Gasteiger partial charge in [0.15, 0.2) is 18.1 Å². The summed E-state index contributed by atoms with van der Waals surface area (Å²) in [7, 11) is 4.59. The number of benzene rings is 2. The molecule has 0 atom stereocenters. The van der Waals surface area contributed by atoms with E-state index in [9.17, 15) is 9.59 Å². The van der Waals surface area contributed by atoms with E-state index in [0.717, 1.165) is 17.5 Å². The first-order valence-corrected chi connectivity index (χ1v) is 9.34. The Bertz CT molecular complexity index is 824. The Hall–Kier alpha value is -3.22. The molecule has 1 N–H and O–H groups in total. The summed E-state index contributed by atoms with van der Waals surface area (Å²) < 4.78 is 21.0. The van der Waals surface area contributed by atoms with Gasteiger partial charge in [-0.05, 0) is 48.2 Å².